The molecular weight excluding hydrogens is 361 g/mol. The van der Waals surface area contributed by atoms with Gasteiger partial charge in [0.25, 0.3) is 0 Å². The van der Waals surface area contributed by atoms with Crippen LogP contribution in [0.25, 0.3) is 27.8 Å². The minimum absolute atomic E-state index is 0.0239. The van der Waals surface area contributed by atoms with Crippen molar-refractivity contribution in [2.75, 3.05) is 17.7 Å². The molecular formula is C19H16FN7O. The number of pyridine rings is 3. The average molecular weight is 377 g/mol. The van der Waals surface area contributed by atoms with Crippen molar-refractivity contribution in [3.63, 3.8) is 0 Å². The lowest BCUT2D eigenvalue weighted by Crippen LogP contribution is -2.14. The number of aromatic nitrogens is 5. The highest BCUT2D eigenvalue weighted by Gasteiger charge is 2.30. The summed E-state index contributed by atoms with van der Waals surface area (Å²) >= 11 is 0. The zero-order chi connectivity index (χ0) is 19.3. The van der Waals surface area contributed by atoms with Gasteiger partial charge in [-0.25, -0.2) is 15.0 Å². The van der Waals surface area contributed by atoms with E-state index in [2.05, 4.69) is 30.7 Å². The summed E-state index contributed by atoms with van der Waals surface area (Å²) < 4.78 is 15.2. The van der Waals surface area contributed by atoms with Crippen molar-refractivity contribution in [3.8, 4) is 11.4 Å². The SMILES string of the molecule is CNc1ncc(-c2nc3cccc(F)n3n2)c2cc(NC(=O)C3CC3)ncc12. The third kappa shape index (κ3) is 2.72. The van der Waals surface area contributed by atoms with Gasteiger partial charge in [0.15, 0.2) is 11.5 Å². The van der Waals surface area contributed by atoms with Crippen LogP contribution in [0.2, 0.25) is 0 Å². The molecule has 4 heterocycles. The molecule has 1 fully saturated rings. The van der Waals surface area contributed by atoms with Crippen molar-refractivity contribution >= 4 is 34.0 Å². The molecule has 0 atom stereocenters. The second kappa shape index (κ2) is 6.22. The number of carbonyl (C=O) groups is 1. The lowest BCUT2D eigenvalue weighted by molar-refractivity contribution is -0.117. The highest BCUT2D eigenvalue weighted by molar-refractivity contribution is 6.03. The number of rotatable bonds is 4. The normalized spacial score (nSPS) is 13.8. The van der Waals surface area contributed by atoms with Crippen LogP contribution in [-0.2, 0) is 4.79 Å². The maximum absolute atomic E-state index is 14.0. The van der Waals surface area contributed by atoms with Gasteiger partial charge in [0.05, 0.1) is 0 Å². The van der Waals surface area contributed by atoms with Gasteiger partial charge in [-0.05, 0) is 31.0 Å². The van der Waals surface area contributed by atoms with Crippen molar-refractivity contribution in [2.24, 2.45) is 5.92 Å². The van der Waals surface area contributed by atoms with E-state index in [1.807, 2.05) is 0 Å². The first-order valence-electron chi connectivity index (χ1n) is 8.93. The van der Waals surface area contributed by atoms with Gasteiger partial charge in [0, 0.05) is 41.7 Å². The van der Waals surface area contributed by atoms with Crippen LogP contribution < -0.4 is 10.6 Å². The Balaban J connectivity index is 1.67. The third-order valence-electron chi connectivity index (χ3n) is 4.76. The number of anilines is 2. The Morgan fingerprint density at radius 1 is 1.21 bits per heavy atom. The number of nitrogens with one attached hydrogen (secondary N) is 2. The summed E-state index contributed by atoms with van der Waals surface area (Å²) in [7, 11) is 1.77. The van der Waals surface area contributed by atoms with Gasteiger partial charge < -0.3 is 10.6 Å². The molecule has 4 aromatic rings. The summed E-state index contributed by atoms with van der Waals surface area (Å²) in [5.41, 5.74) is 1.03. The van der Waals surface area contributed by atoms with Crippen molar-refractivity contribution in [3.05, 3.63) is 42.6 Å². The molecule has 1 aliphatic rings. The first kappa shape index (κ1) is 16.5. The number of fused-ring (bicyclic) bond motifs is 2. The van der Waals surface area contributed by atoms with Crippen LogP contribution >= 0.6 is 0 Å². The molecule has 1 aliphatic carbocycles. The molecule has 0 unspecified atom stereocenters. The minimum atomic E-state index is -0.501. The minimum Gasteiger partial charge on any atom is -0.373 e. The summed E-state index contributed by atoms with van der Waals surface area (Å²) in [6.07, 6.45) is 5.11. The predicted molar refractivity (Wildman–Crippen MR) is 102 cm³/mol. The lowest BCUT2D eigenvalue weighted by Gasteiger charge is -2.10. The van der Waals surface area contributed by atoms with E-state index in [4.69, 9.17) is 0 Å². The standard InChI is InChI=1S/C19H16FN7O/c1-21-17-12-8-22-15(24-19(28)10-5-6-10)7-11(12)13(9-23-17)18-25-16-4-2-3-14(20)27(16)26-18/h2-4,7-10H,5-6H2,1H3,(H,21,23)(H,22,24,28). The molecule has 9 heteroatoms. The second-order valence-electron chi connectivity index (χ2n) is 6.70. The van der Waals surface area contributed by atoms with Crippen LogP contribution in [-0.4, -0.2) is 37.5 Å². The number of amides is 1. The third-order valence-corrected chi connectivity index (χ3v) is 4.76. The quantitative estimate of drug-likeness (QED) is 0.531. The van der Waals surface area contributed by atoms with E-state index >= 15 is 0 Å². The fourth-order valence-electron chi connectivity index (χ4n) is 3.14. The molecule has 1 amide bonds. The fraction of sp³-hybridized carbons (Fsp3) is 0.211. The Bertz CT molecular complexity index is 1230. The summed E-state index contributed by atoms with van der Waals surface area (Å²) in [5.74, 6) is 0.986. The molecule has 5 rings (SSSR count). The smallest absolute Gasteiger partial charge is 0.228 e. The first-order chi connectivity index (χ1) is 13.6. The molecule has 4 aromatic heterocycles. The molecule has 0 saturated heterocycles. The topological polar surface area (TPSA) is 97.1 Å². The molecule has 0 bridgehead atoms. The molecule has 0 aromatic carbocycles. The van der Waals surface area contributed by atoms with E-state index in [0.29, 0.717) is 28.7 Å². The zero-order valence-electron chi connectivity index (χ0n) is 15.0. The number of halogens is 1. The van der Waals surface area contributed by atoms with Crippen LogP contribution in [0.1, 0.15) is 12.8 Å². The van der Waals surface area contributed by atoms with Gasteiger partial charge in [-0.15, -0.1) is 5.10 Å². The Labute approximate surface area is 158 Å². The van der Waals surface area contributed by atoms with Crippen molar-refractivity contribution in [2.45, 2.75) is 12.8 Å². The fourth-order valence-corrected chi connectivity index (χ4v) is 3.14. The summed E-state index contributed by atoms with van der Waals surface area (Å²) in [6, 6.07) is 6.36. The Kier molecular flexibility index (Phi) is 3.68. The van der Waals surface area contributed by atoms with Crippen LogP contribution in [0.4, 0.5) is 16.0 Å². The van der Waals surface area contributed by atoms with Gasteiger partial charge in [0.1, 0.15) is 11.6 Å². The molecule has 2 N–H and O–H groups in total. The number of nitrogens with zero attached hydrogens (tertiary/aromatic N) is 5. The highest BCUT2D eigenvalue weighted by atomic mass is 19.1. The molecule has 140 valence electrons. The molecule has 28 heavy (non-hydrogen) atoms. The number of hydrogen-bond donors (Lipinski definition) is 2. The number of hydrogen-bond acceptors (Lipinski definition) is 6. The van der Waals surface area contributed by atoms with Crippen LogP contribution in [0.5, 0.6) is 0 Å². The summed E-state index contributed by atoms with van der Waals surface area (Å²) in [4.78, 5) is 25.3. The van der Waals surface area contributed by atoms with Crippen LogP contribution in [0.3, 0.4) is 0 Å². The number of carbonyl (C=O) groups excluding carboxylic acids is 1. The highest BCUT2D eigenvalue weighted by Crippen LogP contribution is 2.33. The van der Waals surface area contributed by atoms with Gasteiger partial charge in [-0.2, -0.15) is 8.91 Å². The molecule has 0 radical (unpaired) electrons. The monoisotopic (exact) mass is 377 g/mol. The molecule has 8 nitrogen and oxygen atoms in total. The van der Waals surface area contributed by atoms with E-state index in [0.717, 1.165) is 28.1 Å². The Morgan fingerprint density at radius 2 is 2.07 bits per heavy atom. The van der Waals surface area contributed by atoms with Crippen molar-refractivity contribution < 1.29 is 9.18 Å². The average Bonchev–Trinajstić information content (AvgIpc) is 3.46. The van der Waals surface area contributed by atoms with Crippen molar-refractivity contribution in [1.29, 1.82) is 0 Å². The van der Waals surface area contributed by atoms with Gasteiger partial charge in [-0.3, -0.25) is 4.79 Å². The van der Waals surface area contributed by atoms with E-state index < -0.39 is 5.95 Å². The molecule has 1 saturated carbocycles. The summed E-state index contributed by atoms with van der Waals surface area (Å²) in [6.45, 7) is 0. The zero-order valence-corrected chi connectivity index (χ0v) is 15.0. The first-order valence-corrected chi connectivity index (χ1v) is 8.93. The van der Waals surface area contributed by atoms with Gasteiger partial charge >= 0.3 is 0 Å². The Morgan fingerprint density at radius 3 is 2.82 bits per heavy atom. The molecule has 0 spiro atoms. The summed E-state index contributed by atoms with van der Waals surface area (Å²) in [5, 5.41) is 11.7. The van der Waals surface area contributed by atoms with Crippen molar-refractivity contribution in [1.82, 2.24) is 24.6 Å². The molecule has 0 aliphatic heterocycles. The largest absolute Gasteiger partial charge is 0.373 e. The Hall–Kier alpha value is -3.62. The van der Waals surface area contributed by atoms with Crippen LogP contribution in [0, 0.1) is 11.9 Å². The van der Waals surface area contributed by atoms with E-state index in [9.17, 15) is 9.18 Å². The van der Waals surface area contributed by atoms with E-state index in [1.165, 1.54) is 6.07 Å². The second-order valence-corrected chi connectivity index (χ2v) is 6.70. The van der Waals surface area contributed by atoms with E-state index in [-0.39, 0.29) is 11.8 Å². The predicted octanol–water partition coefficient (Wildman–Crippen LogP) is 2.87. The van der Waals surface area contributed by atoms with Gasteiger partial charge in [0.2, 0.25) is 11.9 Å². The van der Waals surface area contributed by atoms with Crippen LogP contribution in [0.15, 0.2) is 36.7 Å². The maximum Gasteiger partial charge on any atom is 0.228 e. The van der Waals surface area contributed by atoms with E-state index in [1.54, 1.807) is 37.6 Å². The lowest BCUT2D eigenvalue weighted by atomic mass is 10.1. The maximum atomic E-state index is 14.0. The van der Waals surface area contributed by atoms with Gasteiger partial charge in [-0.1, -0.05) is 6.07 Å².